The highest BCUT2D eigenvalue weighted by atomic mass is 16.8. The highest BCUT2D eigenvalue weighted by molar-refractivity contribution is 5.76. The number of ether oxygens (including phenoxy) is 6. The van der Waals surface area contributed by atoms with E-state index in [4.69, 9.17) is 28.4 Å². The van der Waals surface area contributed by atoms with Gasteiger partial charge in [-0.1, -0.05) is 107 Å². The first kappa shape index (κ1) is 58.8. The molecule has 0 aromatic rings. The number of carbonyl (C=O) groups excluding carboxylic acids is 1. The maximum atomic E-state index is 13.1. The summed E-state index contributed by atoms with van der Waals surface area (Å²) in [6.45, 7) is 1.46. The summed E-state index contributed by atoms with van der Waals surface area (Å²) in [4.78, 5) is 13.1. The van der Waals surface area contributed by atoms with E-state index in [9.17, 15) is 61.0 Å². The number of amides is 1. The average Bonchev–Trinajstić information content (AvgIpc) is 3.32. The number of hydrogen-bond acceptors (Lipinski definition) is 18. The van der Waals surface area contributed by atoms with Crippen LogP contribution in [0.4, 0.5) is 0 Å². The Morgan fingerprint density at radius 2 is 1.01 bits per heavy atom. The lowest BCUT2D eigenvalue weighted by Gasteiger charge is -2.48. The van der Waals surface area contributed by atoms with Gasteiger partial charge in [-0.2, -0.15) is 0 Å². The fourth-order valence-corrected chi connectivity index (χ4v) is 7.81. The van der Waals surface area contributed by atoms with Crippen molar-refractivity contribution in [2.45, 2.75) is 208 Å². The quantitative estimate of drug-likeness (QED) is 0.0334. The molecule has 67 heavy (non-hydrogen) atoms. The fraction of sp³-hybridized carbons (Fsp3) is 0.771. The summed E-state index contributed by atoms with van der Waals surface area (Å²) >= 11 is 0. The standard InChI is InChI=1S/C48H81NO18/c1-3-5-7-9-10-11-12-13-14-15-16-17-18-19-20-22-24-26-36(54)49-31(32(53)25-23-21-8-6-4-2)30-62-46-42(60)39(57)44(34(28-51)64-46)67-48-43(61)40(58)45(35(29-52)65-48)66-47-41(59)38(56)37(55)33(27-50)63-47/h5,7,10-11,13-14,16-17,19-20,31-35,37-48,50-53,55-61H,3-4,6,8-9,12,15,18,21-30H2,1-2H3,(H,49,54)/b7-5-,11-10-,14-13-,17-16-,20-19-. The van der Waals surface area contributed by atoms with Crippen molar-refractivity contribution in [3.63, 3.8) is 0 Å². The molecule has 17 unspecified atom stereocenters. The van der Waals surface area contributed by atoms with Crippen molar-refractivity contribution < 1.29 is 89.4 Å². The van der Waals surface area contributed by atoms with E-state index in [2.05, 4.69) is 67.8 Å². The topological polar surface area (TPSA) is 307 Å². The first-order valence-corrected chi connectivity index (χ1v) is 24.0. The molecule has 17 atom stereocenters. The third-order valence-corrected chi connectivity index (χ3v) is 11.9. The Kier molecular flexibility index (Phi) is 29.1. The number of aliphatic hydroxyl groups excluding tert-OH is 11. The fourth-order valence-electron chi connectivity index (χ4n) is 7.81. The summed E-state index contributed by atoms with van der Waals surface area (Å²) in [6, 6.07) is -0.914. The molecule has 19 heteroatoms. The lowest BCUT2D eigenvalue weighted by molar-refractivity contribution is -0.379. The van der Waals surface area contributed by atoms with Gasteiger partial charge in [0.25, 0.3) is 0 Å². The predicted octanol–water partition coefficient (Wildman–Crippen LogP) is 0.579. The van der Waals surface area contributed by atoms with Crippen LogP contribution in [0.3, 0.4) is 0 Å². The number of unbranched alkanes of at least 4 members (excludes halogenated alkanes) is 5. The van der Waals surface area contributed by atoms with E-state index in [-0.39, 0.29) is 18.9 Å². The lowest BCUT2D eigenvalue weighted by Crippen LogP contribution is -2.66. The van der Waals surface area contributed by atoms with Crippen molar-refractivity contribution in [3.05, 3.63) is 60.8 Å². The minimum absolute atomic E-state index is 0.183. The van der Waals surface area contributed by atoms with Crippen LogP contribution >= 0.6 is 0 Å². The monoisotopic (exact) mass is 960 g/mol. The highest BCUT2D eigenvalue weighted by Gasteiger charge is 2.53. The molecule has 0 saturated carbocycles. The maximum absolute atomic E-state index is 13.1. The van der Waals surface area contributed by atoms with Gasteiger partial charge in [-0.25, -0.2) is 0 Å². The number of allylic oxidation sites excluding steroid dienone is 10. The first-order chi connectivity index (χ1) is 32.3. The normalized spacial score (nSPS) is 34.0. The maximum Gasteiger partial charge on any atom is 0.220 e. The molecule has 0 spiro atoms. The van der Waals surface area contributed by atoms with Gasteiger partial charge in [-0.15, -0.1) is 0 Å². The molecule has 3 aliphatic rings. The molecule has 0 aliphatic carbocycles. The van der Waals surface area contributed by atoms with Crippen LogP contribution in [0.15, 0.2) is 60.8 Å². The lowest BCUT2D eigenvalue weighted by atomic mass is 9.96. The number of rotatable bonds is 31. The van der Waals surface area contributed by atoms with Gasteiger partial charge in [-0.05, 0) is 51.4 Å². The van der Waals surface area contributed by atoms with Crippen LogP contribution < -0.4 is 5.32 Å². The second-order valence-electron chi connectivity index (χ2n) is 17.2. The smallest absolute Gasteiger partial charge is 0.220 e. The van der Waals surface area contributed by atoms with Crippen molar-refractivity contribution >= 4 is 5.91 Å². The molecule has 3 aliphatic heterocycles. The summed E-state index contributed by atoms with van der Waals surface area (Å²) in [5, 5.41) is 119. The van der Waals surface area contributed by atoms with Gasteiger partial charge in [0, 0.05) is 6.42 Å². The summed E-state index contributed by atoms with van der Waals surface area (Å²) in [7, 11) is 0. The highest BCUT2D eigenvalue weighted by Crippen LogP contribution is 2.33. The summed E-state index contributed by atoms with van der Waals surface area (Å²) in [5.41, 5.74) is 0. The second kappa shape index (κ2) is 33.1. The molecule has 3 rings (SSSR count). The van der Waals surface area contributed by atoms with Crippen molar-refractivity contribution in [2.24, 2.45) is 0 Å². The van der Waals surface area contributed by atoms with Gasteiger partial charge in [0.05, 0.1) is 38.6 Å². The average molecular weight is 960 g/mol. The van der Waals surface area contributed by atoms with E-state index in [0.717, 1.165) is 57.8 Å². The Labute approximate surface area is 395 Å². The summed E-state index contributed by atoms with van der Waals surface area (Å²) in [6.07, 6.45) is 5.55. The van der Waals surface area contributed by atoms with Gasteiger partial charge in [0.2, 0.25) is 5.91 Å². The van der Waals surface area contributed by atoms with E-state index in [1.165, 1.54) is 0 Å². The summed E-state index contributed by atoms with van der Waals surface area (Å²) in [5.74, 6) is -0.312. The third kappa shape index (κ3) is 19.7. The van der Waals surface area contributed by atoms with Gasteiger partial charge in [-0.3, -0.25) is 4.79 Å². The van der Waals surface area contributed by atoms with Crippen molar-refractivity contribution in [1.82, 2.24) is 5.32 Å². The van der Waals surface area contributed by atoms with Crippen LogP contribution in [0.5, 0.6) is 0 Å². The largest absolute Gasteiger partial charge is 0.394 e. The Hall–Kier alpha value is -2.51. The zero-order valence-electron chi connectivity index (χ0n) is 39.1. The Balaban J connectivity index is 1.53. The van der Waals surface area contributed by atoms with Gasteiger partial charge >= 0.3 is 0 Å². The van der Waals surface area contributed by atoms with E-state index in [1.54, 1.807) is 0 Å². The van der Waals surface area contributed by atoms with Crippen LogP contribution in [0.1, 0.15) is 104 Å². The molecule has 3 fully saturated rings. The number of aliphatic hydroxyl groups is 11. The zero-order valence-corrected chi connectivity index (χ0v) is 39.1. The van der Waals surface area contributed by atoms with Crippen LogP contribution in [0.25, 0.3) is 0 Å². The third-order valence-electron chi connectivity index (χ3n) is 11.9. The zero-order chi connectivity index (χ0) is 49.1. The molecule has 3 saturated heterocycles. The molecular formula is C48H81NO18. The van der Waals surface area contributed by atoms with Gasteiger partial charge < -0.3 is 89.9 Å². The second-order valence-corrected chi connectivity index (χ2v) is 17.2. The van der Waals surface area contributed by atoms with E-state index < -0.39 is 124 Å². The van der Waals surface area contributed by atoms with Gasteiger partial charge in [0.1, 0.15) is 73.2 Å². The van der Waals surface area contributed by atoms with Crippen LogP contribution in [-0.2, 0) is 33.2 Å². The Morgan fingerprint density at radius 1 is 0.552 bits per heavy atom. The molecule has 12 N–H and O–H groups in total. The predicted molar refractivity (Wildman–Crippen MR) is 245 cm³/mol. The minimum Gasteiger partial charge on any atom is -0.394 e. The molecule has 19 nitrogen and oxygen atoms in total. The van der Waals surface area contributed by atoms with Gasteiger partial charge in [0.15, 0.2) is 18.9 Å². The number of nitrogens with one attached hydrogen (secondary N) is 1. The Morgan fingerprint density at radius 3 is 1.54 bits per heavy atom. The number of carbonyl (C=O) groups is 1. The molecule has 0 aromatic heterocycles. The van der Waals surface area contributed by atoms with E-state index in [0.29, 0.717) is 25.7 Å². The van der Waals surface area contributed by atoms with E-state index >= 15 is 0 Å². The van der Waals surface area contributed by atoms with Crippen molar-refractivity contribution in [3.8, 4) is 0 Å². The van der Waals surface area contributed by atoms with E-state index in [1.807, 2.05) is 12.2 Å². The minimum atomic E-state index is -1.98. The molecule has 0 aromatic carbocycles. The first-order valence-electron chi connectivity index (χ1n) is 24.0. The van der Waals surface area contributed by atoms with Crippen LogP contribution in [-0.4, -0.2) is 193 Å². The molecule has 386 valence electrons. The molecule has 3 heterocycles. The Bertz CT molecular complexity index is 1480. The van der Waals surface area contributed by atoms with Crippen molar-refractivity contribution in [2.75, 3.05) is 26.4 Å². The number of hydrogen-bond donors (Lipinski definition) is 12. The SMILES string of the molecule is CC/C=C\C/C=C\C/C=C\C/C=C\C/C=C\CCCC(=O)NC(COC1OC(CO)C(OC2OC(CO)C(OC3OC(CO)C(O)C(O)C3O)C(O)C2O)C(O)C1O)C(O)CCCCCCC. The van der Waals surface area contributed by atoms with Crippen LogP contribution in [0, 0.1) is 0 Å². The molecular weight excluding hydrogens is 879 g/mol. The van der Waals surface area contributed by atoms with Crippen LogP contribution in [0.2, 0.25) is 0 Å². The van der Waals surface area contributed by atoms with Crippen molar-refractivity contribution in [1.29, 1.82) is 0 Å². The molecule has 0 bridgehead atoms. The molecule has 1 amide bonds. The summed E-state index contributed by atoms with van der Waals surface area (Å²) < 4.78 is 33.9. The molecule has 0 radical (unpaired) electrons.